The number of carboxylic acids is 1. The molecule has 0 saturated heterocycles. The number of hydrogen-bond acceptors (Lipinski definition) is 1. The molecule has 0 aromatic heterocycles. The van der Waals surface area contributed by atoms with E-state index in [0.717, 1.165) is 18.4 Å². The second-order valence-corrected chi connectivity index (χ2v) is 4.65. The van der Waals surface area contributed by atoms with Gasteiger partial charge in [-0.15, -0.1) is 0 Å². The zero-order valence-electron chi connectivity index (χ0n) is 9.12. The first kappa shape index (κ1) is 9.64. The van der Waals surface area contributed by atoms with Crippen LogP contribution < -0.4 is 0 Å². The van der Waals surface area contributed by atoms with Gasteiger partial charge in [-0.2, -0.15) is 0 Å². The summed E-state index contributed by atoms with van der Waals surface area (Å²) < 4.78 is 0. The second-order valence-electron chi connectivity index (χ2n) is 4.65. The number of aliphatic carboxylic acids is 1. The smallest absolute Gasteiger partial charge is 0.331 e. The fraction of sp³-hybridized carbons (Fsp3) is 0.357. The van der Waals surface area contributed by atoms with E-state index in [2.05, 4.69) is 12.1 Å². The third kappa shape index (κ3) is 1.45. The molecular formula is C14H14O2. The van der Waals surface area contributed by atoms with Crippen molar-refractivity contribution in [3.8, 4) is 0 Å². The maximum absolute atomic E-state index is 10.9. The molecule has 1 aromatic carbocycles. The van der Waals surface area contributed by atoms with E-state index in [-0.39, 0.29) is 0 Å². The Bertz CT molecular complexity index is 498. The van der Waals surface area contributed by atoms with Crippen molar-refractivity contribution in [3.63, 3.8) is 0 Å². The summed E-state index contributed by atoms with van der Waals surface area (Å²) in [7, 11) is 0. The zero-order valence-corrected chi connectivity index (χ0v) is 9.12. The van der Waals surface area contributed by atoms with E-state index < -0.39 is 5.97 Å². The lowest BCUT2D eigenvalue weighted by Gasteiger charge is -2.15. The maximum Gasteiger partial charge on any atom is 0.331 e. The second kappa shape index (κ2) is 3.48. The molecule has 0 atom stereocenters. The molecule has 0 saturated carbocycles. The third-order valence-corrected chi connectivity index (χ3v) is 3.62. The Labute approximate surface area is 94.6 Å². The molecule has 0 fully saturated rings. The lowest BCUT2D eigenvalue weighted by molar-refractivity contribution is -0.132. The van der Waals surface area contributed by atoms with Gasteiger partial charge >= 0.3 is 5.97 Å². The van der Waals surface area contributed by atoms with Gasteiger partial charge in [0.15, 0.2) is 0 Å². The van der Waals surface area contributed by atoms with Crippen molar-refractivity contribution >= 4 is 12.0 Å². The van der Waals surface area contributed by atoms with Crippen LogP contribution in [0.25, 0.3) is 6.08 Å². The van der Waals surface area contributed by atoms with Crippen LogP contribution in [0, 0.1) is 0 Å². The van der Waals surface area contributed by atoms with Crippen molar-refractivity contribution in [3.05, 3.63) is 40.0 Å². The molecular weight excluding hydrogens is 200 g/mol. The number of carbonyl (C=O) groups is 1. The number of fused-ring (bicyclic) bond motifs is 2. The van der Waals surface area contributed by atoms with E-state index in [1.807, 2.05) is 6.08 Å². The van der Waals surface area contributed by atoms with E-state index >= 15 is 0 Å². The Morgan fingerprint density at radius 2 is 1.75 bits per heavy atom. The standard InChI is InChI=1S/C14H14O2/c15-14(16)12-5-4-11-6-9-2-1-3-10(9)7-13(11)8-12/h6-8H,1-5H2,(H,15,16). The Balaban J connectivity index is 2.09. The van der Waals surface area contributed by atoms with Crippen LogP contribution in [-0.2, 0) is 24.1 Å². The molecule has 0 amide bonds. The highest BCUT2D eigenvalue weighted by Crippen LogP contribution is 2.31. The van der Waals surface area contributed by atoms with Gasteiger partial charge in [-0.1, -0.05) is 12.1 Å². The Kier molecular flexibility index (Phi) is 2.10. The van der Waals surface area contributed by atoms with Gasteiger partial charge in [0, 0.05) is 5.57 Å². The first-order valence-electron chi connectivity index (χ1n) is 5.82. The molecule has 0 radical (unpaired) electrons. The largest absolute Gasteiger partial charge is 0.478 e. The van der Waals surface area contributed by atoms with Crippen LogP contribution in [0.3, 0.4) is 0 Å². The first-order valence-corrected chi connectivity index (χ1v) is 5.82. The summed E-state index contributed by atoms with van der Waals surface area (Å²) in [5.41, 5.74) is 5.90. The number of carboxylic acid groups (broad SMARTS) is 1. The van der Waals surface area contributed by atoms with E-state index in [9.17, 15) is 4.79 Å². The zero-order chi connectivity index (χ0) is 11.1. The monoisotopic (exact) mass is 214 g/mol. The number of rotatable bonds is 1. The Morgan fingerprint density at radius 1 is 1.00 bits per heavy atom. The van der Waals surface area contributed by atoms with E-state index in [1.165, 1.54) is 29.5 Å². The summed E-state index contributed by atoms with van der Waals surface area (Å²) in [6, 6.07) is 4.48. The SMILES string of the molecule is O=C(O)C1=Cc2cc3c(cc2CC1)CCC3. The van der Waals surface area contributed by atoms with Crippen LogP contribution in [0.2, 0.25) is 0 Å². The lowest BCUT2D eigenvalue weighted by Crippen LogP contribution is -2.08. The van der Waals surface area contributed by atoms with E-state index in [0.29, 0.717) is 12.0 Å². The fourth-order valence-corrected chi connectivity index (χ4v) is 2.74. The van der Waals surface area contributed by atoms with Crippen molar-refractivity contribution < 1.29 is 9.90 Å². The van der Waals surface area contributed by atoms with Gasteiger partial charge < -0.3 is 5.11 Å². The molecule has 82 valence electrons. The topological polar surface area (TPSA) is 37.3 Å². The number of hydrogen-bond donors (Lipinski definition) is 1. The highest BCUT2D eigenvalue weighted by Gasteiger charge is 2.19. The van der Waals surface area contributed by atoms with Crippen molar-refractivity contribution in [2.24, 2.45) is 0 Å². The third-order valence-electron chi connectivity index (χ3n) is 3.62. The number of benzene rings is 1. The lowest BCUT2D eigenvalue weighted by atomic mass is 9.89. The summed E-state index contributed by atoms with van der Waals surface area (Å²) in [4.78, 5) is 10.9. The first-order chi connectivity index (χ1) is 7.74. The van der Waals surface area contributed by atoms with Gasteiger partial charge in [0.1, 0.15) is 0 Å². The molecule has 2 aliphatic carbocycles. The van der Waals surface area contributed by atoms with Gasteiger partial charge in [0.05, 0.1) is 0 Å². The van der Waals surface area contributed by atoms with Crippen LogP contribution >= 0.6 is 0 Å². The van der Waals surface area contributed by atoms with Crippen LogP contribution in [0.4, 0.5) is 0 Å². The summed E-state index contributed by atoms with van der Waals surface area (Å²) in [6.45, 7) is 0. The number of aryl methyl sites for hydroxylation is 3. The highest BCUT2D eigenvalue weighted by atomic mass is 16.4. The van der Waals surface area contributed by atoms with Crippen LogP contribution in [0.15, 0.2) is 17.7 Å². The minimum absolute atomic E-state index is 0.547. The fourth-order valence-electron chi connectivity index (χ4n) is 2.74. The summed E-state index contributed by atoms with van der Waals surface area (Å²) in [5, 5.41) is 8.99. The predicted octanol–water partition coefficient (Wildman–Crippen LogP) is 2.59. The van der Waals surface area contributed by atoms with Gasteiger partial charge in [0.25, 0.3) is 0 Å². The van der Waals surface area contributed by atoms with Crippen LogP contribution in [0.5, 0.6) is 0 Å². The minimum Gasteiger partial charge on any atom is -0.478 e. The average Bonchev–Trinajstić information content (AvgIpc) is 2.71. The molecule has 0 spiro atoms. The van der Waals surface area contributed by atoms with Gasteiger partial charge in [0.2, 0.25) is 0 Å². The summed E-state index contributed by atoms with van der Waals surface area (Å²) in [5.74, 6) is -0.772. The van der Waals surface area contributed by atoms with Crippen LogP contribution in [0.1, 0.15) is 35.1 Å². The molecule has 0 heterocycles. The maximum atomic E-state index is 10.9. The van der Waals surface area contributed by atoms with Gasteiger partial charge in [-0.25, -0.2) is 4.79 Å². The molecule has 0 bridgehead atoms. The molecule has 0 unspecified atom stereocenters. The van der Waals surface area contributed by atoms with E-state index in [4.69, 9.17) is 5.11 Å². The van der Waals surface area contributed by atoms with Crippen LogP contribution in [-0.4, -0.2) is 11.1 Å². The molecule has 2 aliphatic rings. The molecule has 16 heavy (non-hydrogen) atoms. The summed E-state index contributed by atoms with van der Waals surface area (Å²) >= 11 is 0. The van der Waals surface area contributed by atoms with Crippen molar-refractivity contribution in [1.82, 2.24) is 0 Å². The molecule has 2 heteroatoms. The van der Waals surface area contributed by atoms with Crippen molar-refractivity contribution in [2.75, 3.05) is 0 Å². The summed E-state index contributed by atoms with van der Waals surface area (Å²) in [6.07, 6.45) is 6.98. The molecule has 0 aliphatic heterocycles. The average molecular weight is 214 g/mol. The molecule has 1 aromatic rings. The Hall–Kier alpha value is -1.57. The normalized spacial score (nSPS) is 17.6. The van der Waals surface area contributed by atoms with Crippen molar-refractivity contribution in [2.45, 2.75) is 32.1 Å². The van der Waals surface area contributed by atoms with Gasteiger partial charge in [-0.05, 0) is 60.4 Å². The Morgan fingerprint density at radius 3 is 2.50 bits per heavy atom. The van der Waals surface area contributed by atoms with E-state index in [1.54, 1.807) is 0 Å². The van der Waals surface area contributed by atoms with Gasteiger partial charge in [-0.3, -0.25) is 0 Å². The quantitative estimate of drug-likeness (QED) is 0.780. The highest BCUT2D eigenvalue weighted by molar-refractivity contribution is 5.93. The predicted molar refractivity (Wildman–Crippen MR) is 62.4 cm³/mol. The minimum atomic E-state index is -0.772. The molecule has 3 rings (SSSR count). The molecule has 2 nitrogen and oxygen atoms in total. The molecule has 1 N–H and O–H groups in total. The van der Waals surface area contributed by atoms with Crippen molar-refractivity contribution in [1.29, 1.82) is 0 Å².